The lowest BCUT2D eigenvalue weighted by Crippen LogP contribution is -2.63. The van der Waals surface area contributed by atoms with Crippen molar-refractivity contribution >= 4 is 28.4 Å². The molecule has 1 spiro atoms. The van der Waals surface area contributed by atoms with Crippen molar-refractivity contribution in [2.45, 2.75) is 0 Å². The lowest BCUT2D eigenvalue weighted by molar-refractivity contribution is 0.273. The van der Waals surface area contributed by atoms with Gasteiger partial charge in [-0.05, 0) is 18.2 Å². The third-order valence-corrected chi connectivity index (χ3v) is 5.77. The number of pyridine rings is 1. The summed E-state index contributed by atoms with van der Waals surface area (Å²) in [5, 5.41) is 1.23. The second-order valence-electron chi connectivity index (χ2n) is 5.56. The Morgan fingerprint density at radius 2 is 2.11 bits per heavy atom. The second kappa shape index (κ2) is 4.04. The Bertz CT molecular complexity index is 631. The van der Waals surface area contributed by atoms with Crippen LogP contribution in [-0.2, 0) is 0 Å². The third kappa shape index (κ3) is 1.70. The van der Waals surface area contributed by atoms with Gasteiger partial charge in [0.05, 0.1) is 12.6 Å². The molecule has 2 fully saturated rings. The SMILES string of the molecule is COc1ccc2c(N3CC4(CSC4)C3)ccnc2c1. The highest BCUT2D eigenvalue weighted by atomic mass is 32.2. The number of hydrogen-bond donors (Lipinski definition) is 0. The van der Waals surface area contributed by atoms with E-state index in [9.17, 15) is 0 Å². The van der Waals surface area contributed by atoms with Crippen LogP contribution in [0.1, 0.15) is 0 Å². The molecule has 1 aromatic heterocycles. The van der Waals surface area contributed by atoms with E-state index in [1.807, 2.05) is 18.3 Å². The van der Waals surface area contributed by atoms with Gasteiger partial charge in [0.1, 0.15) is 5.75 Å². The van der Waals surface area contributed by atoms with Gasteiger partial charge in [0.25, 0.3) is 0 Å². The zero-order valence-electron chi connectivity index (χ0n) is 10.9. The monoisotopic (exact) mass is 272 g/mol. The van der Waals surface area contributed by atoms with E-state index in [1.165, 1.54) is 35.7 Å². The number of benzene rings is 1. The maximum absolute atomic E-state index is 5.27. The molecule has 2 aliphatic heterocycles. The number of methoxy groups -OCH3 is 1. The van der Waals surface area contributed by atoms with E-state index >= 15 is 0 Å². The molecule has 0 atom stereocenters. The molecule has 2 saturated heterocycles. The van der Waals surface area contributed by atoms with E-state index in [1.54, 1.807) is 7.11 Å². The zero-order valence-corrected chi connectivity index (χ0v) is 11.7. The summed E-state index contributed by atoms with van der Waals surface area (Å²) in [7, 11) is 1.69. The average molecular weight is 272 g/mol. The van der Waals surface area contributed by atoms with Crippen molar-refractivity contribution in [1.82, 2.24) is 4.98 Å². The van der Waals surface area contributed by atoms with E-state index < -0.39 is 0 Å². The molecule has 0 unspecified atom stereocenters. The smallest absolute Gasteiger partial charge is 0.121 e. The largest absolute Gasteiger partial charge is 0.497 e. The molecule has 0 saturated carbocycles. The summed E-state index contributed by atoms with van der Waals surface area (Å²) in [5.41, 5.74) is 2.95. The van der Waals surface area contributed by atoms with Crippen LogP contribution in [0.15, 0.2) is 30.5 Å². The summed E-state index contributed by atoms with van der Waals surface area (Å²) >= 11 is 2.07. The minimum atomic E-state index is 0.618. The van der Waals surface area contributed by atoms with Crippen LogP contribution in [0.3, 0.4) is 0 Å². The van der Waals surface area contributed by atoms with Gasteiger partial charge in [0.2, 0.25) is 0 Å². The predicted molar refractivity (Wildman–Crippen MR) is 80.3 cm³/mol. The topological polar surface area (TPSA) is 25.4 Å². The van der Waals surface area contributed by atoms with Crippen LogP contribution in [0.25, 0.3) is 10.9 Å². The second-order valence-corrected chi connectivity index (χ2v) is 6.55. The summed E-state index contributed by atoms with van der Waals surface area (Å²) < 4.78 is 5.27. The van der Waals surface area contributed by atoms with E-state index in [0.29, 0.717) is 5.41 Å². The molecule has 2 aliphatic rings. The maximum atomic E-state index is 5.27. The first-order valence-electron chi connectivity index (χ1n) is 6.55. The van der Waals surface area contributed by atoms with E-state index in [-0.39, 0.29) is 0 Å². The number of nitrogens with zero attached hydrogens (tertiary/aromatic N) is 2. The molecule has 0 N–H and O–H groups in total. The molecule has 1 aromatic carbocycles. The summed E-state index contributed by atoms with van der Waals surface area (Å²) in [6, 6.07) is 8.28. The summed E-state index contributed by atoms with van der Waals surface area (Å²) in [6.07, 6.45) is 1.90. The van der Waals surface area contributed by atoms with E-state index in [2.05, 4.69) is 33.8 Å². The van der Waals surface area contributed by atoms with Crippen LogP contribution in [-0.4, -0.2) is 36.7 Å². The molecule has 0 aliphatic carbocycles. The van der Waals surface area contributed by atoms with E-state index in [0.717, 1.165) is 11.3 Å². The van der Waals surface area contributed by atoms with Crippen molar-refractivity contribution in [3.8, 4) is 5.75 Å². The van der Waals surface area contributed by atoms with Crippen molar-refractivity contribution in [2.75, 3.05) is 36.6 Å². The van der Waals surface area contributed by atoms with Crippen LogP contribution in [0, 0.1) is 5.41 Å². The summed E-state index contributed by atoms with van der Waals surface area (Å²) in [6.45, 7) is 2.40. The van der Waals surface area contributed by atoms with Crippen LogP contribution in [0.2, 0.25) is 0 Å². The van der Waals surface area contributed by atoms with Gasteiger partial charge < -0.3 is 9.64 Å². The van der Waals surface area contributed by atoms with Crippen molar-refractivity contribution in [2.24, 2.45) is 5.41 Å². The Morgan fingerprint density at radius 3 is 2.79 bits per heavy atom. The molecule has 98 valence electrons. The number of ether oxygens (including phenoxy) is 1. The molecule has 3 heterocycles. The number of thioether (sulfide) groups is 1. The fraction of sp³-hybridized carbons (Fsp3) is 0.400. The molecule has 0 amide bonds. The minimum absolute atomic E-state index is 0.618. The van der Waals surface area contributed by atoms with E-state index in [4.69, 9.17) is 4.74 Å². The fourth-order valence-electron chi connectivity index (χ4n) is 3.02. The number of hydrogen-bond acceptors (Lipinski definition) is 4. The number of fused-ring (bicyclic) bond motifs is 1. The quantitative estimate of drug-likeness (QED) is 0.839. The highest BCUT2D eigenvalue weighted by Gasteiger charge is 2.48. The first kappa shape index (κ1) is 11.4. The van der Waals surface area contributed by atoms with Gasteiger partial charge >= 0.3 is 0 Å². The molecule has 0 radical (unpaired) electrons. The van der Waals surface area contributed by atoms with Gasteiger partial charge in [-0.15, -0.1) is 0 Å². The molecule has 4 heteroatoms. The highest BCUT2D eigenvalue weighted by molar-refractivity contribution is 8.00. The Kier molecular flexibility index (Phi) is 2.42. The number of rotatable bonds is 2. The van der Waals surface area contributed by atoms with Crippen LogP contribution >= 0.6 is 11.8 Å². The van der Waals surface area contributed by atoms with Gasteiger partial charge in [-0.2, -0.15) is 11.8 Å². The summed E-state index contributed by atoms with van der Waals surface area (Å²) in [4.78, 5) is 6.93. The van der Waals surface area contributed by atoms with Gasteiger partial charge in [-0.3, -0.25) is 4.98 Å². The number of anilines is 1. The van der Waals surface area contributed by atoms with Gasteiger partial charge in [0.15, 0.2) is 0 Å². The normalized spacial score (nSPS) is 20.2. The standard InChI is InChI=1S/C15H16N2OS/c1-18-11-2-3-12-13(6-11)16-5-4-14(12)17-7-15(8-17)9-19-10-15/h2-6H,7-10H2,1H3. The van der Waals surface area contributed by atoms with Crippen LogP contribution in [0.5, 0.6) is 5.75 Å². The predicted octanol–water partition coefficient (Wildman–Crippen LogP) is 2.80. The zero-order chi connectivity index (χ0) is 12.9. The minimum Gasteiger partial charge on any atom is -0.497 e. The first-order chi connectivity index (χ1) is 9.30. The van der Waals surface area contributed by atoms with Crippen molar-refractivity contribution in [3.05, 3.63) is 30.5 Å². The maximum Gasteiger partial charge on any atom is 0.121 e. The van der Waals surface area contributed by atoms with Crippen LogP contribution in [0.4, 0.5) is 5.69 Å². The first-order valence-corrected chi connectivity index (χ1v) is 7.71. The molecular formula is C15H16N2OS. The fourth-order valence-corrected chi connectivity index (χ4v) is 4.17. The third-order valence-electron chi connectivity index (χ3n) is 4.14. The molecular weight excluding hydrogens is 256 g/mol. The average Bonchev–Trinajstić information content (AvgIpc) is 2.35. The summed E-state index contributed by atoms with van der Waals surface area (Å²) in [5.74, 6) is 3.54. The lowest BCUT2D eigenvalue weighted by Gasteiger charge is -2.56. The highest BCUT2D eigenvalue weighted by Crippen LogP contribution is 2.47. The Labute approximate surface area is 117 Å². The Hall–Kier alpha value is -1.42. The Morgan fingerprint density at radius 1 is 1.26 bits per heavy atom. The van der Waals surface area contributed by atoms with Gasteiger partial charge in [-0.25, -0.2) is 0 Å². The van der Waals surface area contributed by atoms with Gasteiger partial charge in [-0.1, -0.05) is 0 Å². The molecule has 2 aromatic rings. The molecule has 0 bridgehead atoms. The van der Waals surface area contributed by atoms with Crippen molar-refractivity contribution < 1.29 is 4.74 Å². The van der Waals surface area contributed by atoms with Crippen molar-refractivity contribution in [1.29, 1.82) is 0 Å². The van der Waals surface area contributed by atoms with Crippen molar-refractivity contribution in [3.63, 3.8) is 0 Å². The molecule has 3 nitrogen and oxygen atoms in total. The molecule has 4 rings (SSSR count). The van der Waals surface area contributed by atoms with Crippen LogP contribution < -0.4 is 9.64 Å². The van der Waals surface area contributed by atoms with Gasteiger partial charge in [0, 0.05) is 53.3 Å². The molecule has 19 heavy (non-hydrogen) atoms. The lowest BCUT2D eigenvalue weighted by atomic mass is 9.82. The number of aromatic nitrogens is 1. The Balaban J connectivity index is 1.70.